The number of aryl methyl sites for hydroxylation is 1. The average Bonchev–Trinajstić information content (AvgIpc) is 3.18. The number of hydrogen-bond acceptors (Lipinski definition) is 5. The summed E-state index contributed by atoms with van der Waals surface area (Å²) in [5, 5.41) is 20.0. The molecule has 3 aromatic carbocycles. The van der Waals surface area contributed by atoms with Crippen LogP contribution in [0.5, 0.6) is 5.75 Å². The normalized spacial score (nSPS) is 11.0. The van der Waals surface area contributed by atoms with Gasteiger partial charge in [-0.05, 0) is 53.9 Å². The van der Waals surface area contributed by atoms with E-state index in [1.807, 2.05) is 43.3 Å². The van der Waals surface area contributed by atoms with Crippen molar-refractivity contribution in [3.63, 3.8) is 0 Å². The Balaban J connectivity index is 1.85. The van der Waals surface area contributed by atoms with E-state index in [1.54, 1.807) is 0 Å². The van der Waals surface area contributed by atoms with Crippen LogP contribution in [-0.2, 0) is 12.8 Å². The number of phenolic OH excluding ortho intramolecular Hbond substituents is 1. The van der Waals surface area contributed by atoms with E-state index in [2.05, 4.69) is 10.2 Å². The van der Waals surface area contributed by atoms with E-state index in [0.29, 0.717) is 34.3 Å². The standard InChI is InChI=1S/C23H21N5O3/c1-2-13-9-16(12-15-11-14(22(24)30)7-8-17(15)23(25)31)21(29)20(10-13)28-26-18-5-3-4-6-19(18)27-28/h3-11,29H,2,12H2,1H3,(H2,24,30)(H2,25,31). The molecule has 2 amide bonds. The quantitative estimate of drug-likeness (QED) is 0.444. The lowest BCUT2D eigenvalue weighted by Crippen LogP contribution is -2.17. The molecule has 8 heteroatoms. The van der Waals surface area contributed by atoms with E-state index in [4.69, 9.17) is 11.5 Å². The molecule has 8 nitrogen and oxygen atoms in total. The number of carbonyl (C=O) groups excluding carboxylic acids is 2. The predicted molar refractivity (Wildman–Crippen MR) is 116 cm³/mol. The van der Waals surface area contributed by atoms with Crippen LogP contribution < -0.4 is 11.5 Å². The molecule has 156 valence electrons. The number of carbonyl (C=O) groups is 2. The number of rotatable bonds is 6. The fourth-order valence-electron chi connectivity index (χ4n) is 3.54. The Morgan fingerprint density at radius 2 is 1.61 bits per heavy atom. The minimum atomic E-state index is -0.627. The van der Waals surface area contributed by atoms with E-state index >= 15 is 0 Å². The van der Waals surface area contributed by atoms with Crippen LogP contribution in [-0.4, -0.2) is 31.9 Å². The fourth-order valence-corrected chi connectivity index (χ4v) is 3.54. The SMILES string of the molecule is CCc1cc(Cc2cc(C(N)=O)ccc2C(N)=O)c(O)c(-n2nc3ccccc3n2)c1. The van der Waals surface area contributed by atoms with Crippen molar-refractivity contribution in [1.29, 1.82) is 0 Å². The van der Waals surface area contributed by atoms with Crippen molar-refractivity contribution in [2.75, 3.05) is 0 Å². The molecule has 0 aliphatic carbocycles. The summed E-state index contributed by atoms with van der Waals surface area (Å²) in [6, 6.07) is 15.6. The smallest absolute Gasteiger partial charge is 0.248 e. The van der Waals surface area contributed by atoms with Gasteiger partial charge in [-0.3, -0.25) is 9.59 Å². The topological polar surface area (TPSA) is 137 Å². The van der Waals surface area contributed by atoms with Gasteiger partial charge in [0, 0.05) is 23.1 Å². The minimum absolute atomic E-state index is 0.0163. The summed E-state index contributed by atoms with van der Waals surface area (Å²) >= 11 is 0. The molecular formula is C23H21N5O3. The molecule has 0 saturated carbocycles. The van der Waals surface area contributed by atoms with Gasteiger partial charge in [-0.25, -0.2) is 0 Å². The summed E-state index contributed by atoms with van der Waals surface area (Å²) in [5.74, 6) is -1.26. The Bertz CT molecular complexity index is 1290. The summed E-state index contributed by atoms with van der Waals surface area (Å²) in [6.45, 7) is 2.00. The van der Waals surface area contributed by atoms with Crippen molar-refractivity contribution in [2.24, 2.45) is 11.5 Å². The molecule has 5 N–H and O–H groups in total. The lowest BCUT2D eigenvalue weighted by atomic mass is 9.94. The third-order valence-corrected chi connectivity index (χ3v) is 5.18. The van der Waals surface area contributed by atoms with Gasteiger partial charge in [0.15, 0.2) is 0 Å². The second kappa shape index (κ2) is 7.91. The highest BCUT2D eigenvalue weighted by Crippen LogP contribution is 2.31. The molecule has 31 heavy (non-hydrogen) atoms. The molecule has 4 aromatic rings. The Kier molecular flexibility index (Phi) is 5.12. The molecule has 4 rings (SSSR count). The number of aromatic nitrogens is 3. The second-order valence-corrected chi connectivity index (χ2v) is 7.23. The van der Waals surface area contributed by atoms with E-state index in [1.165, 1.54) is 23.0 Å². The monoisotopic (exact) mass is 415 g/mol. The molecule has 0 radical (unpaired) electrons. The zero-order chi connectivity index (χ0) is 22.1. The van der Waals surface area contributed by atoms with Crippen LogP contribution in [0.4, 0.5) is 0 Å². The van der Waals surface area contributed by atoms with Crippen molar-refractivity contribution >= 4 is 22.8 Å². The van der Waals surface area contributed by atoms with Gasteiger partial charge >= 0.3 is 0 Å². The minimum Gasteiger partial charge on any atom is -0.505 e. The lowest BCUT2D eigenvalue weighted by Gasteiger charge is -2.14. The Labute approximate surface area is 178 Å². The summed E-state index contributed by atoms with van der Waals surface area (Å²) in [5.41, 5.74) is 15.3. The van der Waals surface area contributed by atoms with Crippen molar-refractivity contribution < 1.29 is 14.7 Å². The summed E-state index contributed by atoms with van der Waals surface area (Å²) in [6.07, 6.45) is 0.887. The number of fused-ring (bicyclic) bond motifs is 1. The highest BCUT2D eigenvalue weighted by atomic mass is 16.3. The first kappa shape index (κ1) is 20.1. The van der Waals surface area contributed by atoms with E-state index in [0.717, 1.165) is 5.56 Å². The van der Waals surface area contributed by atoms with Gasteiger partial charge in [0.25, 0.3) is 0 Å². The number of aromatic hydroxyl groups is 1. The van der Waals surface area contributed by atoms with Crippen LogP contribution in [0.25, 0.3) is 16.7 Å². The molecule has 0 aliphatic rings. The number of primary amides is 2. The number of nitrogens with zero attached hydrogens (tertiary/aromatic N) is 3. The van der Waals surface area contributed by atoms with Crippen LogP contribution >= 0.6 is 0 Å². The number of amides is 2. The van der Waals surface area contributed by atoms with Crippen molar-refractivity contribution in [2.45, 2.75) is 19.8 Å². The largest absolute Gasteiger partial charge is 0.505 e. The molecule has 0 saturated heterocycles. The van der Waals surface area contributed by atoms with Crippen LogP contribution in [0, 0.1) is 0 Å². The van der Waals surface area contributed by atoms with Crippen LogP contribution in [0.15, 0.2) is 54.6 Å². The third-order valence-electron chi connectivity index (χ3n) is 5.18. The first-order chi connectivity index (χ1) is 14.9. The maximum atomic E-state index is 11.9. The first-order valence-electron chi connectivity index (χ1n) is 9.77. The number of benzene rings is 3. The van der Waals surface area contributed by atoms with E-state index in [-0.39, 0.29) is 23.3 Å². The number of hydrogen-bond donors (Lipinski definition) is 3. The second-order valence-electron chi connectivity index (χ2n) is 7.23. The molecule has 0 aliphatic heterocycles. The first-order valence-corrected chi connectivity index (χ1v) is 9.77. The molecule has 1 heterocycles. The van der Waals surface area contributed by atoms with Gasteiger partial charge < -0.3 is 16.6 Å². The summed E-state index contributed by atoms with van der Waals surface area (Å²) in [4.78, 5) is 24.9. The van der Waals surface area contributed by atoms with Gasteiger partial charge in [0.05, 0.1) is 0 Å². The molecule has 0 spiro atoms. The number of nitrogens with two attached hydrogens (primary N) is 2. The number of phenols is 1. The van der Waals surface area contributed by atoms with Crippen LogP contribution in [0.3, 0.4) is 0 Å². The summed E-state index contributed by atoms with van der Waals surface area (Å²) in [7, 11) is 0. The van der Waals surface area contributed by atoms with Gasteiger partial charge in [-0.2, -0.15) is 0 Å². The predicted octanol–water partition coefficient (Wildman–Crippen LogP) is 2.48. The molecule has 0 atom stereocenters. The Morgan fingerprint density at radius 1 is 0.935 bits per heavy atom. The van der Waals surface area contributed by atoms with E-state index in [9.17, 15) is 14.7 Å². The molecule has 0 fully saturated rings. The van der Waals surface area contributed by atoms with Gasteiger partial charge in [-0.1, -0.05) is 25.1 Å². The molecule has 0 bridgehead atoms. The average molecular weight is 415 g/mol. The van der Waals surface area contributed by atoms with Gasteiger partial charge in [-0.15, -0.1) is 15.0 Å². The maximum Gasteiger partial charge on any atom is 0.248 e. The molecular weight excluding hydrogens is 394 g/mol. The molecule has 0 unspecified atom stereocenters. The fraction of sp³-hybridized carbons (Fsp3) is 0.130. The molecule has 1 aromatic heterocycles. The van der Waals surface area contributed by atoms with Gasteiger partial charge in [0.1, 0.15) is 22.5 Å². The highest BCUT2D eigenvalue weighted by Gasteiger charge is 2.18. The summed E-state index contributed by atoms with van der Waals surface area (Å²) < 4.78 is 0. The van der Waals surface area contributed by atoms with Crippen molar-refractivity contribution in [3.05, 3.63) is 82.4 Å². The lowest BCUT2D eigenvalue weighted by molar-refractivity contribution is 0.0987. The van der Waals surface area contributed by atoms with Crippen molar-refractivity contribution in [1.82, 2.24) is 15.0 Å². The van der Waals surface area contributed by atoms with Crippen LogP contribution in [0.1, 0.15) is 44.3 Å². The van der Waals surface area contributed by atoms with E-state index < -0.39 is 11.8 Å². The van der Waals surface area contributed by atoms with Crippen LogP contribution in [0.2, 0.25) is 0 Å². The maximum absolute atomic E-state index is 11.9. The van der Waals surface area contributed by atoms with Crippen molar-refractivity contribution in [3.8, 4) is 11.4 Å². The Morgan fingerprint density at radius 3 is 2.19 bits per heavy atom. The Hall–Kier alpha value is -4.20. The zero-order valence-corrected chi connectivity index (χ0v) is 16.9. The van der Waals surface area contributed by atoms with Gasteiger partial charge in [0.2, 0.25) is 11.8 Å². The highest BCUT2D eigenvalue weighted by molar-refractivity contribution is 5.98. The zero-order valence-electron chi connectivity index (χ0n) is 16.9. The third kappa shape index (κ3) is 3.83.